The van der Waals surface area contributed by atoms with Gasteiger partial charge in [-0.1, -0.05) is 35.9 Å². The number of rotatable bonds is 3. The van der Waals surface area contributed by atoms with Gasteiger partial charge in [-0.3, -0.25) is 4.79 Å². The lowest BCUT2D eigenvalue weighted by Crippen LogP contribution is -2.14. The topological polar surface area (TPSA) is 29.1 Å². The summed E-state index contributed by atoms with van der Waals surface area (Å²) in [6, 6.07) is 14.2. The van der Waals surface area contributed by atoms with Crippen molar-refractivity contribution in [3.05, 3.63) is 88.7 Å². The summed E-state index contributed by atoms with van der Waals surface area (Å²) in [5, 5.41) is 2.63. The lowest BCUT2D eigenvalue weighted by Gasteiger charge is -2.14. The Hall–Kier alpha value is -3.15. The molecule has 144 valence electrons. The van der Waals surface area contributed by atoms with Crippen LogP contribution in [0.15, 0.2) is 60.7 Å². The summed E-state index contributed by atoms with van der Waals surface area (Å²) >= 11 is 0. The molecule has 3 aromatic rings. The minimum absolute atomic E-state index is 0.0753. The molecule has 0 aliphatic rings. The van der Waals surface area contributed by atoms with Gasteiger partial charge in [-0.2, -0.15) is 13.2 Å². The molecule has 1 amide bonds. The molecule has 0 unspecified atom stereocenters. The van der Waals surface area contributed by atoms with Gasteiger partial charge in [0.1, 0.15) is 5.82 Å². The van der Waals surface area contributed by atoms with Gasteiger partial charge in [-0.05, 0) is 60.9 Å². The molecule has 0 aliphatic carbocycles. The third-order valence-corrected chi connectivity index (χ3v) is 4.45. The van der Waals surface area contributed by atoms with Crippen LogP contribution in [0.1, 0.15) is 27.0 Å². The van der Waals surface area contributed by atoms with Crippen LogP contribution in [0.3, 0.4) is 0 Å². The molecule has 6 heteroatoms. The first kappa shape index (κ1) is 19.6. The van der Waals surface area contributed by atoms with E-state index in [1.54, 1.807) is 6.92 Å². The Kier molecular flexibility index (Phi) is 5.23. The van der Waals surface area contributed by atoms with Crippen LogP contribution in [-0.4, -0.2) is 5.91 Å². The second-order valence-corrected chi connectivity index (χ2v) is 6.49. The van der Waals surface area contributed by atoms with Gasteiger partial charge in [0.25, 0.3) is 5.91 Å². The third-order valence-electron chi connectivity index (χ3n) is 4.45. The molecule has 1 N–H and O–H groups in total. The summed E-state index contributed by atoms with van der Waals surface area (Å²) in [7, 11) is 0. The maximum Gasteiger partial charge on any atom is 0.417 e. The van der Waals surface area contributed by atoms with Crippen molar-refractivity contribution in [2.75, 3.05) is 5.32 Å². The van der Waals surface area contributed by atoms with E-state index < -0.39 is 23.5 Å². The first-order valence-corrected chi connectivity index (χ1v) is 8.51. The highest BCUT2D eigenvalue weighted by Crippen LogP contribution is 2.37. The Balaban J connectivity index is 1.88. The van der Waals surface area contributed by atoms with Crippen LogP contribution in [0.4, 0.5) is 23.2 Å². The first-order chi connectivity index (χ1) is 13.2. The number of halogens is 4. The highest BCUT2D eigenvalue weighted by molar-refractivity contribution is 6.05. The Labute approximate surface area is 159 Å². The number of aryl methyl sites for hydroxylation is 1. The second-order valence-electron chi connectivity index (χ2n) is 6.49. The molecule has 2 nitrogen and oxygen atoms in total. The van der Waals surface area contributed by atoms with Crippen molar-refractivity contribution in [2.45, 2.75) is 20.0 Å². The van der Waals surface area contributed by atoms with E-state index in [0.29, 0.717) is 16.8 Å². The van der Waals surface area contributed by atoms with E-state index in [2.05, 4.69) is 5.32 Å². The second kappa shape index (κ2) is 7.46. The number of carbonyl (C=O) groups excluding carboxylic acids is 1. The van der Waals surface area contributed by atoms with E-state index in [1.807, 2.05) is 0 Å². The molecule has 0 heterocycles. The van der Waals surface area contributed by atoms with Crippen LogP contribution in [-0.2, 0) is 6.18 Å². The Morgan fingerprint density at radius 2 is 1.61 bits per heavy atom. The highest BCUT2D eigenvalue weighted by atomic mass is 19.4. The molecule has 0 spiro atoms. The van der Waals surface area contributed by atoms with Crippen molar-refractivity contribution in [1.29, 1.82) is 0 Å². The molecule has 0 saturated carbocycles. The number of amides is 1. The molecule has 3 aromatic carbocycles. The number of alkyl halides is 3. The van der Waals surface area contributed by atoms with E-state index in [-0.39, 0.29) is 16.7 Å². The van der Waals surface area contributed by atoms with Crippen molar-refractivity contribution < 1.29 is 22.4 Å². The van der Waals surface area contributed by atoms with Crippen LogP contribution < -0.4 is 5.32 Å². The standard InChI is InChI=1S/C22H17F4NO/c1-13-6-11-19(22(24,25)26)18(12-13)15-7-9-16(10-8-15)27-21(28)17-4-3-5-20(23)14(17)2/h3-12H,1-2H3,(H,27,28). The molecule has 0 fully saturated rings. The molecule has 0 bridgehead atoms. The van der Waals surface area contributed by atoms with Crippen LogP contribution in [0.2, 0.25) is 0 Å². The minimum Gasteiger partial charge on any atom is -0.322 e. The Bertz CT molecular complexity index is 1020. The fourth-order valence-electron chi connectivity index (χ4n) is 2.93. The van der Waals surface area contributed by atoms with E-state index in [9.17, 15) is 22.4 Å². The van der Waals surface area contributed by atoms with Gasteiger partial charge >= 0.3 is 6.18 Å². The lowest BCUT2D eigenvalue weighted by atomic mass is 9.97. The maximum atomic E-state index is 13.6. The van der Waals surface area contributed by atoms with Gasteiger partial charge in [0.05, 0.1) is 5.56 Å². The third kappa shape index (κ3) is 4.06. The summed E-state index contributed by atoms with van der Waals surface area (Å²) in [5.41, 5.74) is 1.28. The number of hydrogen-bond acceptors (Lipinski definition) is 1. The van der Waals surface area contributed by atoms with E-state index in [0.717, 1.165) is 6.07 Å². The number of anilines is 1. The Morgan fingerprint density at radius 1 is 0.929 bits per heavy atom. The average Bonchev–Trinajstić information content (AvgIpc) is 2.63. The van der Waals surface area contributed by atoms with E-state index >= 15 is 0 Å². The zero-order valence-corrected chi connectivity index (χ0v) is 15.2. The van der Waals surface area contributed by atoms with Gasteiger partial charge in [0.2, 0.25) is 0 Å². The monoisotopic (exact) mass is 387 g/mol. The van der Waals surface area contributed by atoms with Gasteiger partial charge in [0.15, 0.2) is 0 Å². The van der Waals surface area contributed by atoms with Crippen LogP contribution >= 0.6 is 0 Å². The smallest absolute Gasteiger partial charge is 0.322 e. The summed E-state index contributed by atoms with van der Waals surface area (Å²) in [6.45, 7) is 3.23. The summed E-state index contributed by atoms with van der Waals surface area (Å²) in [4.78, 5) is 12.3. The minimum atomic E-state index is -4.47. The number of hydrogen-bond donors (Lipinski definition) is 1. The first-order valence-electron chi connectivity index (χ1n) is 8.51. The van der Waals surface area contributed by atoms with Crippen LogP contribution in [0.25, 0.3) is 11.1 Å². The van der Waals surface area contributed by atoms with Gasteiger partial charge in [0, 0.05) is 11.3 Å². The summed E-state index contributed by atoms with van der Waals surface area (Å²) in [6.07, 6.45) is -4.47. The molecule has 0 aromatic heterocycles. The summed E-state index contributed by atoms with van der Waals surface area (Å²) in [5.74, 6) is -0.974. The van der Waals surface area contributed by atoms with Crippen molar-refractivity contribution in [3.63, 3.8) is 0 Å². The van der Waals surface area contributed by atoms with Gasteiger partial charge in [-0.15, -0.1) is 0 Å². The Morgan fingerprint density at radius 3 is 2.25 bits per heavy atom. The summed E-state index contributed by atoms with van der Waals surface area (Å²) < 4.78 is 53.5. The predicted molar refractivity (Wildman–Crippen MR) is 101 cm³/mol. The number of carbonyl (C=O) groups is 1. The molecular weight excluding hydrogens is 370 g/mol. The predicted octanol–water partition coefficient (Wildman–Crippen LogP) is 6.38. The SMILES string of the molecule is Cc1ccc(C(F)(F)F)c(-c2ccc(NC(=O)c3cccc(F)c3C)cc2)c1. The normalized spacial score (nSPS) is 11.4. The number of nitrogens with one attached hydrogen (secondary N) is 1. The highest BCUT2D eigenvalue weighted by Gasteiger charge is 2.33. The van der Waals surface area contributed by atoms with Gasteiger partial charge in [-0.25, -0.2) is 4.39 Å². The molecule has 0 aliphatic heterocycles. The van der Waals surface area contributed by atoms with Crippen molar-refractivity contribution in [3.8, 4) is 11.1 Å². The lowest BCUT2D eigenvalue weighted by molar-refractivity contribution is -0.137. The molecule has 0 saturated heterocycles. The fourth-order valence-corrected chi connectivity index (χ4v) is 2.93. The molecule has 3 rings (SSSR count). The van der Waals surface area contributed by atoms with Gasteiger partial charge < -0.3 is 5.32 Å². The zero-order valence-electron chi connectivity index (χ0n) is 15.2. The van der Waals surface area contributed by atoms with Crippen LogP contribution in [0, 0.1) is 19.7 Å². The van der Waals surface area contributed by atoms with Crippen LogP contribution in [0.5, 0.6) is 0 Å². The quantitative estimate of drug-likeness (QED) is 0.519. The molecule has 28 heavy (non-hydrogen) atoms. The van der Waals surface area contributed by atoms with E-state index in [1.165, 1.54) is 61.5 Å². The average molecular weight is 387 g/mol. The maximum absolute atomic E-state index is 13.6. The van der Waals surface area contributed by atoms with Crippen molar-refractivity contribution >= 4 is 11.6 Å². The molecule has 0 radical (unpaired) electrons. The molecular formula is C22H17F4NO. The van der Waals surface area contributed by atoms with Crippen molar-refractivity contribution in [2.24, 2.45) is 0 Å². The largest absolute Gasteiger partial charge is 0.417 e. The van der Waals surface area contributed by atoms with Crippen molar-refractivity contribution in [1.82, 2.24) is 0 Å². The zero-order chi connectivity index (χ0) is 20.5. The fraction of sp³-hybridized carbons (Fsp3) is 0.136. The molecule has 0 atom stereocenters. The number of benzene rings is 3. The van der Waals surface area contributed by atoms with E-state index in [4.69, 9.17) is 0 Å².